The first-order valence-corrected chi connectivity index (χ1v) is 7.17. The molecular weight excluding hydrogens is 212 g/mol. The van der Waals surface area contributed by atoms with Gasteiger partial charge in [0.25, 0.3) is 0 Å². The molecule has 1 saturated heterocycles. The van der Waals surface area contributed by atoms with E-state index in [0.717, 1.165) is 38.9 Å². The van der Waals surface area contributed by atoms with Crippen molar-refractivity contribution in [1.29, 1.82) is 0 Å². The molecule has 0 spiro atoms. The molecule has 0 aromatic heterocycles. The van der Waals surface area contributed by atoms with Crippen LogP contribution in [0.4, 0.5) is 0 Å². The molecule has 0 aromatic carbocycles. The molecule has 0 radical (unpaired) electrons. The molecule has 1 heterocycles. The second-order valence-corrected chi connectivity index (χ2v) is 5.37. The molecule has 2 atom stereocenters. The number of likely N-dealkylation sites (tertiary alicyclic amines) is 1. The maximum Gasteiger partial charge on any atom is 0.225 e. The largest absolute Gasteiger partial charge is 0.342 e. The minimum absolute atomic E-state index is 0.249. The van der Waals surface area contributed by atoms with Crippen LogP contribution in [-0.2, 0) is 4.79 Å². The van der Waals surface area contributed by atoms with Gasteiger partial charge in [0.2, 0.25) is 5.91 Å². The molecule has 2 unspecified atom stereocenters. The Morgan fingerprint density at radius 1 is 1.53 bits per heavy atom. The molecule has 1 amide bonds. The molecule has 1 rings (SSSR count). The standard InChI is InChI=1S/C14H28N2O/c1-4-9-15-13(3)8-6-11-16-10-5-7-12(2)14(16)17/h12-13,15H,4-11H2,1-3H3. The minimum Gasteiger partial charge on any atom is -0.342 e. The zero-order chi connectivity index (χ0) is 12.7. The first-order valence-electron chi connectivity index (χ1n) is 7.17. The van der Waals surface area contributed by atoms with Crippen LogP contribution in [0.15, 0.2) is 0 Å². The Morgan fingerprint density at radius 3 is 3.00 bits per heavy atom. The van der Waals surface area contributed by atoms with Gasteiger partial charge in [0.05, 0.1) is 0 Å². The molecule has 1 aliphatic rings. The Kier molecular flexibility index (Phi) is 6.56. The predicted molar refractivity (Wildman–Crippen MR) is 72.0 cm³/mol. The van der Waals surface area contributed by atoms with Crippen LogP contribution < -0.4 is 5.32 Å². The van der Waals surface area contributed by atoms with Gasteiger partial charge in [-0.3, -0.25) is 4.79 Å². The number of carbonyl (C=O) groups excluding carboxylic acids is 1. The lowest BCUT2D eigenvalue weighted by Crippen LogP contribution is -2.41. The Bertz CT molecular complexity index is 230. The van der Waals surface area contributed by atoms with E-state index in [2.05, 4.69) is 31.0 Å². The number of nitrogens with one attached hydrogen (secondary N) is 1. The van der Waals surface area contributed by atoms with Crippen molar-refractivity contribution in [2.45, 2.75) is 58.9 Å². The van der Waals surface area contributed by atoms with Crippen molar-refractivity contribution in [2.75, 3.05) is 19.6 Å². The van der Waals surface area contributed by atoms with Crippen LogP contribution in [0.2, 0.25) is 0 Å². The van der Waals surface area contributed by atoms with Crippen molar-refractivity contribution in [3.05, 3.63) is 0 Å². The van der Waals surface area contributed by atoms with E-state index in [1.807, 2.05) is 0 Å². The SMILES string of the molecule is CCCNC(C)CCCN1CCCC(C)C1=O. The number of nitrogens with zero attached hydrogens (tertiary/aromatic N) is 1. The Balaban J connectivity index is 2.15. The fourth-order valence-electron chi connectivity index (χ4n) is 2.44. The number of hydrogen-bond donors (Lipinski definition) is 1. The van der Waals surface area contributed by atoms with Gasteiger partial charge in [0.15, 0.2) is 0 Å². The van der Waals surface area contributed by atoms with Crippen LogP contribution in [0, 0.1) is 5.92 Å². The number of piperidine rings is 1. The molecule has 0 aliphatic carbocycles. The summed E-state index contributed by atoms with van der Waals surface area (Å²) in [6.07, 6.45) is 5.72. The Labute approximate surface area is 106 Å². The van der Waals surface area contributed by atoms with Crippen molar-refractivity contribution < 1.29 is 4.79 Å². The quantitative estimate of drug-likeness (QED) is 0.741. The van der Waals surface area contributed by atoms with Crippen LogP contribution >= 0.6 is 0 Å². The van der Waals surface area contributed by atoms with E-state index >= 15 is 0 Å². The van der Waals surface area contributed by atoms with Gasteiger partial charge in [-0.05, 0) is 45.6 Å². The number of carbonyl (C=O) groups is 1. The highest BCUT2D eigenvalue weighted by Gasteiger charge is 2.24. The van der Waals surface area contributed by atoms with Gasteiger partial charge in [0, 0.05) is 25.0 Å². The van der Waals surface area contributed by atoms with Crippen LogP contribution in [0.25, 0.3) is 0 Å². The first-order chi connectivity index (χ1) is 8.15. The summed E-state index contributed by atoms with van der Waals surface area (Å²) in [5.41, 5.74) is 0. The van der Waals surface area contributed by atoms with E-state index in [9.17, 15) is 4.79 Å². The summed E-state index contributed by atoms with van der Waals surface area (Å²) >= 11 is 0. The smallest absolute Gasteiger partial charge is 0.225 e. The zero-order valence-corrected chi connectivity index (χ0v) is 11.7. The number of hydrogen-bond acceptors (Lipinski definition) is 2. The molecule has 3 heteroatoms. The van der Waals surface area contributed by atoms with E-state index in [-0.39, 0.29) is 5.92 Å². The van der Waals surface area contributed by atoms with E-state index in [1.54, 1.807) is 0 Å². The third-order valence-corrected chi connectivity index (χ3v) is 3.61. The normalized spacial score (nSPS) is 22.9. The van der Waals surface area contributed by atoms with Gasteiger partial charge in [-0.2, -0.15) is 0 Å². The summed E-state index contributed by atoms with van der Waals surface area (Å²) < 4.78 is 0. The van der Waals surface area contributed by atoms with Crippen LogP contribution in [0.5, 0.6) is 0 Å². The van der Waals surface area contributed by atoms with Crippen molar-refractivity contribution in [3.63, 3.8) is 0 Å². The van der Waals surface area contributed by atoms with Crippen LogP contribution in [-0.4, -0.2) is 36.5 Å². The number of amides is 1. The molecule has 0 bridgehead atoms. The zero-order valence-electron chi connectivity index (χ0n) is 11.7. The maximum absolute atomic E-state index is 11.9. The van der Waals surface area contributed by atoms with Crippen molar-refractivity contribution in [1.82, 2.24) is 10.2 Å². The van der Waals surface area contributed by atoms with Crippen molar-refractivity contribution >= 4 is 5.91 Å². The average molecular weight is 240 g/mol. The first kappa shape index (κ1) is 14.5. The minimum atomic E-state index is 0.249. The van der Waals surface area contributed by atoms with E-state index in [4.69, 9.17) is 0 Å². The molecular formula is C14H28N2O. The van der Waals surface area contributed by atoms with Gasteiger partial charge in [-0.15, -0.1) is 0 Å². The molecule has 1 N–H and O–H groups in total. The van der Waals surface area contributed by atoms with Gasteiger partial charge < -0.3 is 10.2 Å². The molecule has 17 heavy (non-hydrogen) atoms. The summed E-state index contributed by atoms with van der Waals surface area (Å²) in [7, 11) is 0. The lowest BCUT2D eigenvalue weighted by molar-refractivity contribution is -0.137. The van der Waals surface area contributed by atoms with E-state index in [1.165, 1.54) is 12.8 Å². The second kappa shape index (κ2) is 7.70. The Hall–Kier alpha value is -0.570. The van der Waals surface area contributed by atoms with Gasteiger partial charge in [-0.25, -0.2) is 0 Å². The fourth-order valence-corrected chi connectivity index (χ4v) is 2.44. The van der Waals surface area contributed by atoms with Crippen LogP contribution in [0.1, 0.15) is 52.9 Å². The lowest BCUT2D eigenvalue weighted by Gasteiger charge is -2.31. The molecule has 0 saturated carbocycles. The van der Waals surface area contributed by atoms with Crippen molar-refractivity contribution in [2.24, 2.45) is 5.92 Å². The van der Waals surface area contributed by atoms with E-state index < -0.39 is 0 Å². The fraction of sp³-hybridized carbons (Fsp3) is 0.929. The highest BCUT2D eigenvalue weighted by molar-refractivity contribution is 5.79. The lowest BCUT2D eigenvalue weighted by atomic mass is 9.99. The topological polar surface area (TPSA) is 32.3 Å². The summed E-state index contributed by atoms with van der Waals surface area (Å²) in [5, 5.41) is 3.49. The summed E-state index contributed by atoms with van der Waals surface area (Å²) in [6.45, 7) is 9.49. The third-order valence-electron chi connectivity index (χ3n) is 3.61. The van der Waals surface area contributed by atoms with Crippen LogP contribution in [0.3, 0.4) is 0 Å². The molecule has 1 fully saturated rings. The predicted octanol–water partition coefficient (Wildman–Crippen LogP) is 2.41. The van der Waals surface area contributed by atoms with Crippen molar-refractivity contribution in [3.8, 4) is 0 Å². The maximum atomic E-state index is 11.9. The highest BCUT2D eigenvalue weighted by atomic mass is 16.2. The van der Waals surface area contributed by atoms with Gasteiger partial charge >= 0.3 is 0 Å². The monoisotopic (exact) mass is 240 g/mol. The highest BCUT2D eigenvalue weighted by Crippen LogP contribution is 2.17. The second-order valence-electron chi connectivity index (χ2n) is 5.37. The van der Waals surface area contributed by atoms with Gasteiger partial charge in [-0.1, -0.05) is 13.8 Å². The summed E-state index contributed by atoms with van der Waals surface area (Å²) in [4.78, 5) is 13.9. The summed E-state index contributed by atoms with van der Waals surface area (Å²) in [6, 6.07) is 0.576. The van der Waals surface area contributed by atoms with E-state index in [0.29, 0.717) is 11.9 Å². The Morgan fingerprint density at radius 2 is 2.29 bits per heavy atom. The molecule has 0 aromatic rings. The third kappa shape index (κ3) is 5.07. The summed E-state index contributed by atoms with van der Waals surface area (Å²) in [5.74, 6) is 0.616. The number of rotatable bonds is 7. The molecule has 3 nitrogen and oxygen atoms in total. The molecule has 100 valence electrons. The average Bonchev–Trinajstić information content (AvgIpc) is 2.32. The van der Waals surface area contributed by atoms with Gasteiger partial charge in [0.1, 0.15) is 0 Å². The molecule has 1 aliphatic heterocycles.